The Kier molecular flexibility index (Phi) is 3.24. The summed E-state index contributed by atoms with van der Waals surface area (Å²) in [5, 5.41) is 7.68. The number of aromatic nitrogens is 2. The molecule has 20 heavy (non-hydrogen) atoms. The summed E-state index contributed by atoms with van der Waals surface area (Å²) in [6.07, 6.45) is 2.20. The van der Waals surface area contributed by atoms with E-state index in [9.17, 15) is 0 Å². The van der Waals surface area contributed by atoms with Gasteiger partial charge in [-0.25, -0.2) is 0 Å². The fraction of sp³-hybridized carbons (Fsp3) is 0.467. The van der Waals surface area contributed by atoms with E-state index in [1.807, 2.05) is 11.8 Å². The SMILES string of the molecule is c1ccc2c(c1)CCC2c1noc(C2CSCCN2)n1. The van der Waals surface area contributed by atoms with Crippen LogP contribution in [0.5, 0.6) is 0 Å². The van der Waals surface area contributed by atoms with Crippen LogP contribution in [0.15, 0.2) is 28.8 Å². The molecule has 0 amide bonds. The number of hydrogen-bond acceptors (Lipinski definition) is 5. The van der Waals surface area contributed by atoms with Crippen molar-refractivity contribution < 1.29 is 4.52 Å². The fourth-order valence-corrected chi connectivity index (χ4v) is 4.00. The summed E-state index contributed by atoms with van der Waals surface area (Å²) in [5.41, 5.74) is 2.79. The van der Waals surface area contributed by atoms with Crippen LogP contribution in [0.25, 0.3) is 0 Å². The maximum Gasteiger partial charge on any atom is 0.244 e. The summed E-state index contributed by atoms with van der Waals surface area (Å²) in [6.45, 7) is 1.01. The number of benzene rings is 1. The van der Waals surface area contributed by atoms with Gasteiger partial charge >= 0.3 is 0 Å². The highest BCUT2D eigenvalue weighted by Gasteiger charge is 2.29. The summed E-state index contributed by atoms with van der Waals surface area (Å²) in [5.74, 6) is 4.08. The lowest BCUT2D eigenvalue weighted by Crippen LogP contribution is -2.30. The number of thioether (sulfide) groups is 1. The molecule has 1 saturated heterocycles. The zero-order valence-electron chi connectivity index (χ0n) is 11.2. The van der Waals surface area contributed by atoms with Gasteiger partial charge in [0.2, 0.25) is 5.89 Å². The molecule has 0 bridgehead atoms. The third kappa shape index (κ3) is 2.15. The molecule has 2 atom stereocenters. The molecule has 1 N–H and O–H groups in total. The van der Waals surface area contributed by atoms with Gasteiger partial charge in [-0.1, -0.05) is 29.4 Å². The highest BCUT2D eigenvalue weighted by Crippen LogP contribution is 2.37. The van der Waals surface area contributed by atoms with E-state index in [1.54, 1.807) is 0 Å². The number of nitrogens with zero attached hydrogens (tertiary/aromatic N) is 2. The van der Waals surface area contributed by atoms with Crippen molar-refractivity contribution in [3.05, 3.63) is 47.1 Å². The van der Waals surface area contributed by atoms with Crippen molar-refractivity contribution in [3.63, 3.8) is 0 Å². The third-order valence-electron chi connectivity index (χ3n) is 4.12. The quantitative estimate of drug-likeness (QED) is 0.920. The van der Waals surface area contributed by atoms with Crippen LogP contribution in [0.1, 0.15) is 41.2 Å². The number of fused-ring (bicyclic) bond motifs is 1. The van der Waals surface area contributed by atoms with Crippen molar-refractivity contribution >= 4 is 11.8 Å². The normalized spacial score (nSPS) is 25.6. The molecular formula is C15H17N3OS. The van der Waals surface area contributed by atoms with E-state index < -0.39 is 0 Å². The van der Waals surface area contributed by atoms with Crippen LogP contribution in [0.2, 0.25) is 0 Å². The van der Waals surface area contributed by atoms with Crippen molar-refractivity contribution in [2.45, 2.75) is 24.8 Å². The number of nitrogens with one attached hydrogen (secondary N) is 1. The lowest BCUT2D eigenvalue weighted by atomic mass is 10.0. The van der Waals surface area contributed by atoms with Gasteiger partial charge in [-0.15, -0.1) is 0 Å². The molecule has 1 aliphatic heterocycles. The van der Waals surface area contributed by atoms with Gasteiger partial charge in [-0.3, -0.25) is 0 Å². The maximum atomic E-state index is 5.49. The number of aryl methyl sites for hydroxylation is 1. The van der Waals surface area contributed by atoms with E-state index in [2.05, 4.69) is 39.7 Å². The maximum absolute atomic E-state index is 5.49. The molecule has 0 radical (unpaired) electrons. The molecule has 1 aromatic carbocycles. The smallest absolute Gasteiger partial charge is 0.244 e. The third-order valence-corrected chi connectivity index (χ3v) is 5.18. The molecule has 0 spiro atoms. The first kappa shape index (κ1) is 12.4. The van der Waals surface area contributed by atoms with Crippen LogP contribution in [-0.2, 0) is 6.42 Å². The van der Waals surface area contributed by atoms with E-state index in [0.29, 0.717) is 5.92 Å². The minimum absolute atomic E-state index is 0.214. The van der Waals surface area contributed by atoms with E-state index in [4.69, 9.17) is 4.52 Å². The standard InChI is InChI=1S/C15H17N3OS/c1-2-4-11-10(3-1)5-6-12(11)14-17-15(19-18-14)13-9-20-8-7-16-13/h1-4,12-13,16H,5-9H2. The fourth-order valence-electron chi connectivity index (χ4n) is 3.08. The summed E-state index contributed by atoms with van der Waals surface area (Å²) in [6, 6.07) is 8.81. The number of rotatable bonds is 2. The van der Waals surface area contributed by atoms with Gasteiger partial charge < -0.3 is 9.84 Å². The zero-order chi connectivity index (χ0) is 13.4. The first-order valence-corrected chi connectivity index (χ1v) is 8.30. The largest absolute Gasteiger partial charge is 0.338 e. The molecule has 2 unspecified atom stereocenters. The molecule has 1 fully saturated rings. The molecule has 104 valence electrons. The van der Waals surface area contributed by atoms with Gasteiger partial charge in [0.25, 0.3) is 0 Å². The first-order chi connectivity index (χ1) is 9.92. The first-order valence-electron chi connectivity index (χ1n) is 7.14. The molecule has 4 nitrogen and oxygen atoms in total. The van der Waals surface area contributed by atoms with Crippen LogP contribution in [0.3, 0.4) is 0 Å². The van der Waals surface area contributed by atoms with Crippen LogP contribution in [-0.4, -0.2) is 28.2 Å². The predicted molar refractivity (Wildman–Crippen MR) is 79.0 cm³/mol. The molecule has 2 heterocycles. The Hall–Kier alpha value is -1.33. The Bertz CT molecular complexity index is 607. The average molecular weight is 287 g/mol. The number of hydrogen-bond donors (Lipinski definition) is 1. The van der Waals surface area contributed by atoms with Crippen molar-refractivity contribution in [3.8, 4) is 0 Å². The monoisotopic (exact) mass is 287 g/mol. The topological polar surface area (TPSA) is 51.0 Å². The second-order valence-electron chi connectivity index (χ2n) is 5.36. The highest BCUT2D eigenvalue weighted by molar-refractivity contribution is 7.99. The molecule has 0 saturated carbocycles. The van der Waals surface area contributed by atoms with Crippen LogP contribution >= 0.6 is 11.8 Å². The lowest BCUT2D eigenvalue weighted by Gasteiger charge is -2.19. The van der Waals surface area contributed by atoms with Crippen LogP contribution < -0.4 is 5.32 Å². The Balaban J connectivity index is 1.59. The summed E-state index contributed by atoms with van der Waals surface area (Å²) in [7, 11) is 0. The van der Waals surface area contributed by atoms with Gasteiger partial charge in [0.1, 0.15) is 0 Å². The minimum Gasteiger partial charge on any atom is -0.338 e. The average Bonchev–Trinajstić information content (AvgIpc) is 3.14. The van der Waals surface area contributed by atoms with Gasteiger partial charge in [0.15, 0.2) is 5.82 Å². The Morgan fingerprint density at radius 2 is 2.25 bits per heavy atom. The molecule has 5 heteroatoms. The second kappa shape index (κ2) is 5.22. The van der Waals surface area contributed by atoms with Crippen molar-refractivity contribution in [2.75, 3.05) is 18.1 Å². The highest BCUT2D eigenvalue weighted by atomic mass is 32.2. The molecule has 4 rings (SSSR count). The molecule has 2 aliphatic rings. The van der Waals surface area contributed by atoms with Gasteiger partial charge in [-0.2, -0.15) is 16.7 Å². The van der Waals surface area contributed by atoms with Crippen LogP contribution in [0, 0.1) is 0 Å². The summed E-state index contributed by atoms with van der Waals surface area (Å²) < 4.78 is 5.49. The van der Waals surface area contributed by atoms with Crippen LogP contribution in [0.4, 0.5) is 0 Å². The minimum atomic E-state index is 0.214. The Morgan fingerprint density at radius 3 is 3.15 bits per heavy atom. The van der Waals surface area contributed by atoms with E-state index >= 15 is 0 Å². The predicted octanol–water partition coefficient (Wildman–Crippen LogP) is 2.53. The van der Waals surface area contributed by atoms with E-state index in [0.717, 1.165) is 42.6 Å². The van der Waals surface area contributed by atoms with Crippen molar-refractivity contribution in [2.24, 2.45) is 0 Å². The lowest BCUT2D eigenvalue weighted by molar-refractivity contribution is 0.338. The molecule has 1 aromatic heterocycles. The Morgan fingerprint density at radius 1 is 1.30 bits per heavy atom. The van der Waals surface area contributed by atoms with Gasteiger partial charge in [0, 0.05) is 24.0 Å². The zero-order valence-corrected chi connectivity index (χ0v) is 12.0. The van der Waals surface area contributed by atoms with Crippen molar-refractivity contribution in [1.82, 2.24) is 15.5 Å². The Labute approximate surface area is 122 Å². The van der Waals surface area contributed by atoms with E-state index in [-0.39, 0.29) is 6.04 Å². The van der Waals surface area contributed by atoms with Crippen molar-refractivity contribution in [1.29, 1.82) is 0 Å². The molecular weight excluding hydrogens is 270 g/mol. The second-order valence-corrected chi connectivity index (χ2v) is 6.51. The summed E-state index contributed by atoms with van der Waals surface area (Å²) in [4.78, 5) is 4.66. The molecule has 1 aliphatic carbocycles. The molecule has 2 aromatic rings. The van der Waals surface area contributed by atoms with Gasteiger partial charge in [-0.05, 0) is 24.0 Å². The van der Waals surface area contributed by atoms with E-state index in [1.165, 1.54) is 11.1 Å². The summed E-state index contributed by atoms with van der Waals surface area (Å²) >= 11 is 1.94. The van der Waals surface area contributed by atoms with Gasteiger partial charge in [0.05, 0.1) is 6.04 Å².